The molecule has 4 aromatic carbocycles. The number of hydrogen-bond donors (Lipinski definition) is 3. The van der Waals surface area contributed by atoms with Gasteiger partial charge in [-0.1, -0.05) is 100 Å². The highest BCUT2D eigenvalue weighted by molar-refractivity contribution is 7.81. The lowest BCUT2D eigenvalue weighted by Gasteiger charge is -2.39. The van der Waals surface area contributed by atoms with Crippen LogP contribution < -0.4 is 14.8 Å². The number of amides is 1. The molecule has 0 saturated carbocycles. The Hall–Kier alpha value is -5.47. The van der Waals surface area contributed by atoms with Gasteiger partial charge in [0, 0.05) is 22.4 Å². The average molecular weight is 1010 g/mol. The first-order valence-corrected chi connectivity index (χ1v) is 25.4. The Morgan fingerprint density at radius 2 is 1.42 bits per heavy atom. The molecule has 1 fully saturated rings. The Morgan fingerprint density at radius 3 is 1.93 bits per heavy atom. The minimum Gasteiger partial charge on any atom is -0.497 e. The quantitative estimate of drug-likeness (QED) is 0.0269. The zero-order valence-electron chi connectivity index (χ0n) is 42.3. The number of fused-ring (bicyclic) bond motifs is 1. The monoisotopic (exact) mass is 1010 g/mol. The van der Waals surface area contributed by atoms with E-state index in [9.17, 15) is 15.2 Å². The lowest BCUT2D eigenvalue weighted by molar-refractivity contribution is -0.0928. The van der Waals surface area contributed by atoms with Crippen molar-refractivity contribution in [2.24, 2.45) is 5.92 Å². The standard InChI is InChI=1S/C47H52N7O8P.C7H16S/c1-31(2)54(32(3)4)63(60-27-13-26-48)62-42-39(61-46(41(42)55)53-30-51-40-43(49-29-50-44(40)53)52-45(56)33-14-9-7-10-15-33)28-59-47(34-16-11-8-12-17-34,35-18-22-37(57-5)23-19-35)36-20-24-38(58-6)25-21-36;1-6(2)5-7(3,4)8/h7-12,14-25,29-32,39,41-42,46,55H,13,27-28H2,1-6H3,(H,49,50,52,56);6,8H,5H2,1-4H3. The summed E-state index contributed by atoms with van der Waals surface area (Å²) in [4.78, 5) is 26.6. The van der Waals surface area contributed by atoms with Gasteiger partial charge in [0.1, 0.15) is 41.7 Å². The van der Waals surface area contributed by atoms with Crippen LogP contribution in [0, 0.1) is 17.2 Å². The minimum atomic E-state index is -1.85. The van der Waals surface area contributed by atoms with Crippen molar-refractivity contribution < 1.29 is 37.9 Å². The van der Waals surface area contributed by atoms with E-state index < -0.39 is 38.7 Å². The van der Waals surface area contributed by atoms with Crippen molar-refractivity contribution in [3.8, 4) is 17.6 Å². The smallest absolute Gasteiger partial charge is 0.259 e. The van der Waals surface area contributed by atoms with Gasteiger partial charge in [-0.25, -0.2) is 19.6 Å². The number of aliphatic hydroxyl groups is 1. The largest absolute Gasteiger partial charge is 0.497 e. The van der Waals surface area contributed by atoms with Crippen LogP contribution in [-0.4, -0.2) is 97.8 Å². The number of aliphatic hydroxyl groups excluding tert-OH is 1. The highest BCUT2D eigenvalue weighted by Crippen LogP contribution is 2.51. The summed E-state index contributed by atoms with van der Waals surface area (Å²) in [7, 11) is 1.39. The number of imidazole rings is 1. The molecule has 0 bridgehead atoms. The number of thiol groups is 1. The molecular formula is C54H68N7O8PS. The van der Waals surface area contributed by atoms with Crippen LogP contribution in [0.15, 0.2) is 122 Å². The Balaban J connectivity index is 0.000000948. The number of nitrogens with one attached hydrogen (secondary N) is 1. The van der Waals surface area contributed by atoms with Crippen LogP contribution >= 0.6 is 21.2 Å². The van der Waals surface area contributed by atoms with E-state index >= 15 is 0 Å². The number of carbonyl (C=O) groups excluding carboxylic acids is 1. The van der Waals surface area contributed by atoms with E-state index in [2.05, 4.69) is 71.3 Å². The predicted octanol–water partition coefficient (Wildman–Crippen LogP) is 10.8. The fourth-order valence-corrected chi connectivity index (χ4v) is 10.9. The lowest BCUT2D eigenvalue weighted by atomic mass is 9.80. The molecule has 71 heavy (non-hydrogen) atoms. The number of nitriles is 1. The molecular weight excluding hydrogens is 938 g/mol. The van der Waals surface area contributed by atoms with Crippen molar-refractivity contribution >= 4 is 44.0 Å². The average Bonchev–Trinajstić information content (AvgIpc) is 3.92. The van der Waals surface area contributed by atoms with Crippen LogP contribution in [0.5, 0.6) is 11.5 Å². The molecule has 378 valence electrons. The van der Waals surface area contributed by atoms with E-state index in [4.69, 9.17) is 28.0 Å². The summed E-state index contributed by atoms with van der Waals surface area (Å²) in [6, 6.07) is 36.2. The van der Waals surface area contributed by atoms with Crippen molar-refractivity contribution in [1.29, 1.82) is 5.26 Å². The van der Waals surface area contributed by atoms with E-state index in [0.29, 0.717) is 28.2 Å². The fraction of sp³-hybridized carbons (Fsp3) is 0.426. The van der Waals surface area contributed by atoms with E-state index in [1.807, 2.05) is 113 Å². The van der Waals surface area contributed by atoms with Crippen LogP contribution in [0.2, 0.25) is 0 Å². The number of rotatable bonds is 21. The molecule has 17 heteroatoms. The topological polar surface area (TPSA) is 175 Å². The van der Waals surface area contributed by atoms with Crippen molar-refractivity contribution in [2.45, 2.75) is 115 Å². The van der Waals surface area contributed by atoms with Gasteiger partial charge in [0.25, 0.3) is 14.4 Å². The number of carbonyl (C=O) groups is 1. The fourth-order valence-electron chi connectivity index (χ4n) is 8.79. The number of aromatic nitrogens is 4. The van der Waals surface area contributed by atoms with E-state index in [0.717, 1.165) is 22.6 Å². The lowest BCUT2D eigenvalue weighted by Crippen LogP contribution is -2.42. The summed E-state index contributed by atoms with van der Waals surface area (Å²) in [6.45, 7) is 16.9. The number of benzene rings is 4. The zero-order chi connectivity index (χ0) is 51.3. The van der Waals surface area contributed by atoms with Crippen molar-refractivity contribution in [3.05, 3.63) is 144 Å². The Morgan fingerprint density at radius 1 is 0.859 bits per heavy atom. The first-order valence-electron chi connectivity index (χ1n) is 23.8. The number of anilines is 1. The molecule has 1 saturated heterocycles. The van der Waals surface area contributed by atoms with E-state index in [1.54, 1.807) is 43.1 Å². The maximum Gasteiger partial charge on any atom is 0.259 e. The van der Waals surface area contributed by atoms with Crippen molar-refractivity contribution in [2.75, 3.05) is 32.8 Å². The molecule has 0 spiro atoms. The second kappa shape index (κ2) is 25.3. The van der Waals surface area contributed by atoms with E-state index in [1.165, 1.54) is 19.1 Å². The molecule has 1 aliphatic rings. The molecule has 15 nitrogen and oxygen atoms in total. The highest BCUT2D eigenvalue weighted by atomic mass is 32.1. The molecule has 5 unspecified atom stereocenters. The van der Waals surface area contributed by atoms with Crippen molar-refractivity contribution in [1.82, 2.24) is 24.2 Å². The summed E-state index contributed by atoms with van der Waals surface area (Å²) in [5, 5.41) is 24.8. The highest BCUT2D eigenvalue weighted by Gasteiger charge is 2.50. The molecule has 7 rings (SSSR count). The first kappa shape index (κ1) is 54.9. The van der Waals surface area contributed by atoms with Gasteiger partial charge >= 0.3 is 0 Å². The number of nitrogens with zero attached hydrogens (tertiary/aromatic N) is 6. The van der Waals surface area contributed by atoms with Crippen molar-refractivity contribution in [3.63, 3.8) is 0 Å². The second-order valence-corrected chi connectivity index (χ2v) is 21.4. The maximum absolute atomic E-state index is 13.2. The SMILES string of the molecule is CC(C)CC(C)(C)S.COc1ccc(C(OCC2OC(n3cnc4c(NC(=O)c5ccccc5)ncnc43)C(O)C2OP(OCCC#N)N(C(C)C)C(C)C)(c2ccccc2)c2ccc(OC)cc2)cc1. The van der Waals surface area contributed by atoms with Gasteiger partial charge < -0.3 is 38.4 Å². The summed E-state index contributed by atoms with van der Waals surface area (Å²) in [6.07, 6.45) is -0.180. The summed E-state index contributed by atoms with van der Waals surface area (Å²) in [5.41, 5.74) is 2.29. The number of hydrogen-bond acceptors (Lipinski definition) is 14. The molecule has 5 atom stereocenters. The van der Waals surface area contributed by atoms with Gasteiger partial charge in [-0.2, -0.15) is 17.9 Å². The molecule has 2 aromatic heterocycles. The summed E-state index contributed by atoms with van der Waals surface area (Å²) in [5.74, 6) is 1.95. The minimum absolute atomic E-state index is 0.0159. The van der Waals surface area contributed by atoms with Gasteiger partial charge in [-0.05, 0) is 93.1 Å². The Kier molecular flexibility index (Phi) is 19.5. The summed E-state index contributed by atoms with van der Waals surface area (Å²) >= 11 is 4.39. The normalized spacial score (nSPS) is 17.6. The van der Waals surface area contributed by atoms with E-state index in [-0.39, 0.29) is 48.2 Å². The van der Waals surface area contributed by atoms with Gasteiger partial charge in [-0.3, -0.25) is 9.36 Å². The third kappa shape index (κ3) is 13.7. The maximum atomic E-state index is 13.2. The van der Waals surface area contributed by atoms with Gasteiger partial charge in [0.2, 0.25) is 0 Å². The Bertz CT molecular complexity index is 2570. The number of methoxy groups -OCH3 is 2. The molecule has 0 aliphatic carbocycles. The van der Waals surface area contributed by atoms with Gasteiger partial charge in [0.15, 0.2) is 23.2 Å². The zero-order valence-corrected chi connectivity index (χ0v) is 44.1. The third-order valence-corrected chi connectivity index (χ3v) is 13.9. The van der Waals surface area contributed by atoms with Gasteiger partial charge in [-0.15, -0.1) is 0 Å². The molecule has 3 heterocycles. The van der Waals surface area contributed by atoms with Crippen LogP contribution in [0.1, 0.15) is 102 Å². The van der Waals surface area contributed by atoms with Crippen LogP contribution in [0.25, 0.3) is 11.2 Å². The predicted molar refractivity (Wildman–Crippen MR) is 281 cm³/mol. The molecule has 2 N–H and O–H groups in total. The summed E-state index contributed by atoms with van der Waals surface area (Å²) < 4.78 is 42.4. The van der Waals surface area contributed by atoms with Crippen LogP contribution in [-0.2, 0) is 24.1 Å². The van der Waals surface area contributed by atoms with Crippen LogP contribution in [0.3, 0.4) is 0 Å². The number of ether oxygens (including phenoxy) is 4. The first-order chi connectivity index (χ1) is 34.0. The molecule has 1 amide bonds. The van der Waals surface area contributed by atoms with Gasteiger partial charge in [0.05, 0.1) is 46.3 Å². The third-order valence-electron chi connectivity index (χ3n) is 11.6. The van der Waals surface area contributed by atoms with Crippen LogP contribution in [0.4, 0.5) is 5.82 Å². The molecule has 1 aliphatic heterocycles. The Labute approximate surface area is 425 Å². The molecule has 6 aromatic rings. The second-order valence-electron chi connectivity index (χ2n) is 18.8. The molecule has 0 radical (unpaired) electrons.